The fourth-order valence-electron chi connectivity index (χ4n) is 2.39. The molecule has 0 unspecified atom stereocenters. The maximum Gasteiger partial charge on any atom is 0.416 e. The predicted molar refractivity (Wildman–Crippen MR) is 93.4 cm³/mol. The van der Waals surface area contributed by atoms with Gasteiger partial charge in [0.15, 0.2) is 0 Å². The minimum absolute atomic E-state index is 0.201. The summed E-state index contributed by atoms with van der Waals surface area (Å²) in [5, 5.41) is 22.4. The van der Waals surface area contributed by atoms with Crippen LogP contribution in [-0.2, 0) is 11.9 Å². The number of rotatable bonds is 6. The van der Waals surface area contributed by atoms with E-state index in [4.69, 9.17) is 4.74 Å². The fourth-order valence-corrected chi connectivity index (χ4v) is 3.27. The van der Waals surface area contributed by atoms with E-state index in [0.717, 1.165) is 23.9 Å². The Morgan fingerprint density at radius 1 is 1.21 bits per heavy atom. The molecular weight excluding hydrogens is 399 g/mol. The van der Waals surface area contributed by atoms with Crippen LogP contribution in [0.15, 0.2) is 47.6 Å². The van der Waals surface area contributed by atoms with E-state index in [9.17, 15) is 23.3 Å². The van der Waals surface area contributed by atoms with Crippen molar-refractivity contribution in [2.75, 3.05) is 7.11 Å². The highest BCUT2D eigenvalue weighted by Crippen LogP contribution is 2.36. The van der Waals surface area contributed by atoms with E-state index in [1.807, 2.05) is 0 Å². The highest BCUT2D eigenvalue weighted by molar-refractivity contribution is 7.98. The molecule has 0 saturated heterocycles. The molecule has 0 saturated carbocycles. The van der Waals surface area contributed by atoms with E-state index >= 15 is 0 Å². The summed E-state index contributed by atoms with van der Waals surface area (Å²) in [4.78, 5) is 10.2. The van der Waals surface area contributed by atoms with Crippen molar-refractivity contribution in [2.24, 2.45) is 0 Å². The summed E-state index contributed by atoms with van der Waals surface area (Å²) in [6, 6.07) is 9.21. The number of benzene rings is 2. The lowest BCUT2D eigenvalue weighted by molar-refractivity contribution is -0.385. The summed E-state index contributed by atoms with van der Waals surface area (Å²) < 4.78 is 46.1. The molecule has 0 radical (unpaired) electrons. The Morgan fingerprint density at radius 2 is 1.93 bits per heavy atom. The van der Waals surface area contributed by atoms with Crippen LogP contribution in [0.3, 0.4) is 0 Å². The first kappa shape index (κ1) is 19.6. The number of aromatic nitrogens is 4. The molecule has 146 valence electrons. The van der Waals surface area contributed by atoms with Gasteiger partial charge in [0.25, 0.3) is 5.69 Å². The number of ether oxygens (including phenoxy) is 1. The van der Waals surface area contributed by atoms with Crippen molar-refractivity contribution in [2.45, 2.75) is 17.1 Å². The number of methoxy groups -OCH3 is 1. The van der Waals surface area contributed by atoms with Crippen LogP contribution >= 0.6 is 11.8 Å². The first-order chi connectivity index (χ1) is 13.3. The van der Waals surface area contributed by atoms with Gasteiger partial charge in [-0.25, -0.2) is 0 Å². The normalized spacial score (nSPS) is 11.4. The number of halogens is 3. The van der Waals surface area contributed by atoms with Crippen molar-refractivity contribution in [1.29, 1.82) is 0 Å². The molecule has 0 amide bonds. The van der Waals surface area contributed by atoms with Crippen LogP contribution < -0.4 is 4.74 Å². The van der Waals surface area contributed by atoms with Gasteiger partial charge >= 0.3 is 6.18 Å². The minimum atomic E-state index is -4.63. The van der Waals surface area contributed by atoms with E-state index in [1.165, 1.54) is 11.8 Å². The number of hydrogen-bond donors (Lipinski definition) is 0. The second kappa shape index (κ2) is 7.84. The molecule has 0 N–H and O–H groups in total. The monoisotopic (exact) mass is 411 g/mol. The Kier molecular flexibility index (Phi) is 5.49. The van der Waals surface area contributed by atoms with Gasteiger partial charge in [-0.2, -0.15) is 17.9 Å². The number of thioether (sulfide) groups is 1. The Labute approximate surface area is 160 Å². The van der Waals surface area contributed by atoms with Gasteiger partial charge in [-0.1, -0.05) is 11.8 Å². The lowest BCUT2D eigenvalue weighted by Gasteiger charge is -2.12. The average molecular weight is 411 g/mol. The van der Waals surface area contributed by atoms with Crippen LogP contribution in [0.2, 0.25) is 0 Å². The molecule has 0 fully saturated rings. The lowest BCUT2D eigenvalue weighted by atomic mass is 10.1. The molecule has 1 heterocycles. The van der Waals surface area contributed by atoms with E-state index in [1.54, 1.807) is 24.3 Å². The standard InChI is InChI=1S/C16H12F3N5O3S/c1-27-13-5-2-11(3-6-13)23-15(20-21-22-23)28-9-10-8-12(24(25)26)4-7-14(10)16(17,18)19/h2-8H,9H2,1H3. The molecule has 0 spiro atoms. The topological polar surface area (TPSA) is 96.0 Å². The van der Waals surface area contributed by atoms with Crippen molar-refractivity contribution in [3.8, 4) is 11.4 Å². The van der Waals surface area contributed by atoms with Crippen LogP contribution in [-0.4, -0.2) is 32.2 Å². The van der Waals surface area contributed by atoms with Crippen LogP contribution in [0.1, 0.15) is 11.1 Å². The molecular formula is C16H12F3N5O3S. The Balaban J connectivity index is 1.88. The van der Waals surface area contributed by atoms with Crippen LogP contribution in [0.25, 0.3) is 5.69 Å². The first-order valence-electron chi connectivity index (χ1n) is 7.69. The number of nitro groups is 1. The Bertz CT molecular complexity index is 992. The molecule has 0 aliphatic carbocycles. The fraction of sp³-hybridized carbons (Fsp3) is 0.188. The van der Waals surface area contributed by atoms with Crippen molar-refractivity contribution in [3.63, 3.8) is 0 Å². The molecule has 1 aromatic heterocycles. The zero-order chi connectivity index (χ0) is 20.3. The van der Waals surface area contributed by atoms with Gasteiger partial charge in [0.2, 0.25) is 5.16 Å². The van der Waals surface area contributed by atoms with Gasteiger partial charge in [0.1, 0.15) is 5.75 Å². The maximum absolute atomic E-state index is 13.2. The third-order valence-electron chi connectivity index (χ3n) is 3.72. The molecule has 2 aromatic carbocycles. The second-order valence-electron chi connectivity index (χ2n) is 5.46. The molecule has 28 heavy (non-hydrogen) atoms. The largest absolute Gasteiger partial charge is 0.497 e. The summed E-state index contributed by atoms with van der Waals surface area (Å²) in [6.45, 7) is 0. The average Bonchev–Trinajstić information content (AvgIpc) is 3.14. The van der Waals surface area contributed by atoms with E-state index in [2.05, 4.69) is 15.5 Å². The molecule has 0 aliphatic heterocycles. The van der Waals surface area contributed by atoms with Gasteiger partial charge in [-0.15, -0.1) is 5.10 Å². The summed E-state index contributed by atoms with van der Waals surface area (Å²) >= 11 is 0.935. The Morgan fingerprint density at radius 3 is 2.54 bits per heavy atom. The number of non-ortho nitro benzene ring substituents is 1. The second-order valence-corrected chi connectivity index (χ2v) is 6.40. The van der Waals surface area contributed by atoms with E-state index in [0.29, 0.717) is 17.5 Å². The van der Waals surface area contributed by atoms with Gasteiger partial charge in [0, 0.05) is 17.9 Å². The van der Waals surface area contributed by atoms with Crippen molar-refractivity contribution < 1.29 is 22.8 Å². The first-order valence-corrected chi connectivity index (χ1v) is 8.68. The van der Waals surface area contributed by atoms with Crippen molar-refractivity contribution in [1.82, 2.24) is 20.2 Å². The number of alkyl halides is 3. The Hall–Kier alpha value is -3.15. The number of nitrogens with zero attached hydrogens (tertiary/aromatic N) is 5. The quantitative estimate of drug-likeness (QED) is 0.345. The van der Waals surface area contributed by atoms with Crippen molar-refractivity contribution >= 4 is 17.4 Å². The summed E-state index contributed by atoms with van der Waals surface area (Å²) in [5.41, 5.74) is -0.994. The SMILES string of the molecule is COc1ccc(-n2nnnc2SCc2cc([N+](=O)[O-])ccc2C(F)(F)F)cc1. The molecule has 3 aromatic rings. The third kappa shape index (κ3) is 4.22. The van der Waals surface area contributed by atoms with Gasteiger partial charge in [0.05, 0.1) is 23.3 Å². The van der Waals surface area contributed by atoms with Crippen molar-refractivity contribution in [3.05, 3.63) is 63.7 Å². The highest BCUT2D eigenvalue weighted by Gasteiger charge is 2.34. The minimum Gasteiger partial charge on any atom is -0.497 e. The number of hydrogen-bond acceptors (Lipinski definition) is 7. The summed E-state index contributed by atoms with van der Waals surface area (Å²) in [5.74, 6) is 0.421. The van der Waals surface area contributed by atoms with E-state index in [-0.39, 0.29) is 16.5 Å². The number of tetrazole rings is 1. The molecule has 0 atom stereocenters. The van der Waals surface area contributed by atoms with Crippen LogP contribution in [0.4, 0.5) is 18.9 Å². The molecule has 0 aliphatic rings. The highest BCUT2D eigenvalue weighted by atomic mass is 32.2. The van der Waals surface area contributed by atoms with Crippen LogP contribution in [0.5, 0.6) is 5.75 Å². The third-order valence-corrected chi connectivity index (χ3v) is 4.69. The number of nitro benzene ring substituents is 1. The molecule has 3 rings (SSSR count). The maximum atomic E-state index is 13.2. The zero-order valence-electron chi connectivity index (χ0n) is 14.3. The van der Waals surface area contributed by atoms with Crippen LogP contribution in [0, 0.1) is 10.1 Å². The summed E-state index contributed by atoms with van der Waals surface area (Å²) in [7, 11) is 1.52. The van der Waals surface area contributed by atoms with E-state index < -0.39 is 22.4 Å². The predicted octanol–water partition coefficient (Wildman–Crippen LogP) is 3.89. The van der Waals surface area contributed by atoms with Gasteiger partial charge < -0.3 is 4.74 Å². The molecule has 12 heteroatoms. The summed E-state index contributed by atoms with van der Waals surface area (Å²) in [6.07, 6.45) is -4.63. The lowest BCUT2D eigenvalue weighted by Crippen LogP contribution is -2.09. The van der Waals surface area contributed by atoms with Gasteiger partial charge in [-0.3, -0.25) is 10.1 Å². The molecule has 0 bridgehead atoms. The van der Waals surface area contributed by atoms with Gasteiger partial charge in [-0.05, 0) is 46.3 Å². The zero-order valence-corrected chi connectivity index (χ0v) is 15.1. The smallest absolute Gasteiger partial charge is 0.416 e. The molecule has 8 nitrogen and oxygen atoms in total.